The van der Waals surface area contributed by atoms with Crippen molar-refractivity contribution in [2.45, 2.75) is 45.3 Å². The van der Waals surface area contributed by atoms with Crippen molar-refractivity contribution in [1.29, 1.82) is 0 Å². The molecule has 0 unspecified atom stereocenters. The van der Waals surface area contributed by atoms with Gasteiger partial charge in [0, 0.05) is 19.3 Å². The van der Waals surface area contributed by atoms with Gasteiger partial charge in [-0.2, -0.15) is 0 Å². The summed E-state index contributed by atoms with van der Waals surface area (Å²) >= 11 is 0. The fraction of sp³-hybridized carbons (Fsp3) is 0.909. The van der Waals surface area contributed by atoms with E-state index in [1.165, 1.54) is 0 Å². The number of hydrogen-bond donors (Lipinski definition) is 0. The van der Waals surface area contributed by atoms with Crippen molar-refractivity contribution in [3.05, 3.63) is 0 Å². The maximum Gasteiger partial charge on any atom is 0.410 e. The average molecular weight is 242 g/mol. The lowest BCUT2D eigenvalue weighted by atomic mass is 10.1. The number of rotatable bonds is 2. The number of hydrogen-bond acceptors (Lipinski definition) is 3. The lowest BCUT2D eigenvalue weighted by Gasteiger charge is -2.33. The number of ether oxygens (including phenoxy) is 2. The van der Waals surface area contributed by atoms with E-state index in [-0.39, 0.29) is 12.2 Å². The Hall–Kier alpha value is -0.553. The third kappa shape index (κ3) is 4.53. The van der Waals surface area contributed by atoms with E-state index in [9.17, 15) is 4.79 Å². The van der Waals surface area contributed by atoms with Crippen molar-refractivity contribution in [3.63, 3.8) is 0 Å². The summed E-state index contributed by atoms with van der Waals surface area (Å²) in [5.74, 6) is 0. The molecular formula is C11H20NO3Si. The van der Waals surface area contributed by atoms with Crippen molar-refractivity contribution in [1.82, 2.24) is 4.90 Å². The van der Waals surface area contributed by atoms with Crippen LogP contribution < -0.4 is 0 Å². The van der Waals surface area contributed by atoms with E-state index in [1.807, 2.05) is 20.8 Å². The van der Waals surface area contributed by atoms with E-state index in [2.05, 4.69) is 10.2 Å². The summed E-state index contributed by atoms with van der Waals surface area (Å²) in [6.45, 7) is 7.07. The molecule has 1 aliphatic rings. The molecular weight excluding hydrogens is 222 g/mol. The van der Waals surface area contributed by atoms with Crippen LogP contribution in [0.4, 0.5) is 4.79 Å². The van der Waals surface area contributed by atoms with E-state index in [0.717, 1.165) is 12.8 Å². The van der Waals surface area contributed by atoms with E-state index in [4.69, 9.17) is 9.47 Å². The third-order valence-corrected chi connectivity index (χ3v) is 2.58. The van der Waals surface area contributed by atoms with Gasteiger partial charge in [0.25, 0.3) is 0 Å². The summed E-state index contributed by atoms with van der Waals surface area (Å²) in [6.07, 6.45) is 2.35. The van der Waals surface area contributed by atoms with E-state index in [1.54, 1.807) is 4.90 Å². The topological polar surface area (TPSA) is 38.8 Å². The predicted molar refractivity (Wildman–Crippen MR) is 62.5 cm³/mol. The molecule has 1 aliphatic heterocycles. The zero-order chi connectivity index (χ0) is 12.2. The van der Waals surface area contributed by atoms with Crippen molar-refractivity contribution in [3.8, 4) is 0 Å². The molecule has 16 heavy (non-hydrogen) atoms. The van der Waals surface area contributed by atoms with Gasteiger partial charge in [0.2, 0.25) is 0 Å². The largest absolute Gasteiger partial charge is 0.444 e. The number of nitrogens with zero attached hydrogens (tertiary/aromatic N) is 1. The second-order valence-electron chi connectivity index (χ2n) is 4.98. The molecule has 1 amide bonds. The van der Waals surface area contributed by atoms with Crippen LogP contribution in [0.3, 0.4) is 0 Å². The Morgan fingerprint density at radius 2 is 1.94 bits per heavy atom. The molecule has 0 saturated carbocycles. The molecule has 0 aromatic rings. The number of amides is 1. The van der Waals surface area contributed by atoms with Crippen LogP contribution in [-0.2, 0) is 9.47 Å². The first-order valence-corrected chi connectivity index (χ1v) is 6.37. The van der Waals surface area contributed by atoms with Gasteiger partial charge in [-0.05, 0) is 33.6 Å². The number of carbonyl (C=O) groups excluding carboxylic acids is 1. The maximum absolute atomic E-state index is 11.7. The molecule has 1 heterocycles. The van der Waals surface area contributed by atoms with Crippen LogP contribution in [-0.4, -0.2) is 52.3 Å². The summed E-state index contributed by atoms with van der Waals surface area (Å²) in [4.78, 5) is 13.5. The molecule has 0 atom stereocenters. The van der Waals surface area contributed by atoms with Crippen LogP contribution in [0.2, 0.25) is 0 Å². The normalized spacial score (nSPS) is 18.6. The molecule has 0 N–H and O–H groups in total. The third-order valence-electron chi connectivity index (χ3n) is 2.41. The molecule has 91 valence electrons. The summed E-state index contributed by atoms with van der Waals surface area (Å²) in [5, 5.41) is 0. The van der Waals surface area contributed by atoms with Crippen LogP contribution in [0.1, 0.15) is 33.6 Å². The minimum absolute atomic E-state index is 0.218. The van der Waals surface area contributed by atoms with Crippen LogP contribution in [0.15, 0.2) is 0 Å². The van der Waals surface area contributed by atoms with Gasteiger partial charge in [-0.15, -0.1) is 0 Å². The summed E-state index contributed by atoms with van der Waals surface area (Å²) < 4.78 is 10.8. The van der Waals surface area contributed by atoms with E-state index < -0.39 is 5.60 Å². The van der Waals surface area contributed by atoms with Gasteiger partial charge in [0.05, 0.1) is 16.3 Å². The lowest BCUT2D eigenvalue weighted by molar-refractivity contribution is -0.00153. The second kappa shape index (κ2) is 5.68. The van der Waals surface area contributed by atoms with Gasteiger partial charge < -0.3 is 14.4 Å². The molecule has 0 aromatic carbocycles. The van der Waals surface area contributed by atoms with E-state index >= 15 is 0 Å². The number of likely N-dealkylation sites (tertiary alicyclic amines) is 1. The minimum Gasteiger partial charge on any atom is -0.444 e. The Kier molecular flexibility index (Phi) is 4.80. The molecule has 1 rings (SSSR count). The van der Waals surface area contributed by atoms with Crippen LogP contribution >= 0.6 is 0 Å². The molecule has 0 aliphatic carbocycles. The fourth-order valence-electron chi connectivity index (χ4n) is 1.65. The van der Waals surface area contributed by atoms with E-state index in [0.29, 0.717) is 19.3 Å². The van der Waals surface area contributed by atoms with Gasteiger partial charge in [0.1, 0.15) is 5.60 Å². The zero-order valence-corrected chi connectivity index (χ0v) is 11.3. The predicted octanol–water partition coefficient (Wildman–Crippen LogP) is 1.53. The molecule has 4 nitrogen and oxygen atoms in total. The highest BCUT2D eigenvalue weighted by atomic mass is 28.1. The van der Waals surface area contributed by atoms with Crippen LogP contribution in [0, 0.1) is 0 Å². The Balaban J connectivity index is 2.33. The van der Waals surface area contributed by atoms with Crippen LogP contribution in [0.5, 0.6) is 0 Å². The Labute approximate surface area is 101 Å². The molecule has 0 bridgehead atoms. The summed E-state index contributed by atoms with van der Waals surface area (Å²) in [6, 6.07) is 0. The average Bonchev–Trinajstić information content (AvgIpc) is 2.16. The van der Waals surface area contributed by atoms with Gasteiger partial charge >= 0.3 is 6.09 Å². The zero-order valence-electron chi connectivity index (χ0n) is 10.3. The number of piperidine rings is 1. The van der Waals surface area contributed by atoms with Crippen molar-refractivity contribution in [2.75, 3.05) is 19.3 Å². The molecule has 1 saturated heterocycles. The SMILES string of the molecule is CC(C)(C)OC(=O)N1CCC(OC[Si])CC1. The highest BCUT2D eigenvalue weighted by Gasteiger charge is 2.26. The second-order valence-corrected chi connectivity index (χ2v) is 5.27. The van der Waals surface area contributed by atoms with Gasteiger partial charge in [-0.3, -0.25) is 0 Å². The quantitative estimate of drug-likeness (QED) is 0.689. The Bertz CT molecular complexity index is 232. The van der Waals surface area contributed by atoms with Crippen LogP contribution in [0.25, 0.3) is 0 Å². The first kappa shape index (κ1) is 13.5. The summed E-state index contributed by atoms with van der Waals surface area (Å²) in [5.41, 5.74) is -0.417. The van der Waals surface area contributed by atoms with Crippen molar-refractivity contribution < 1.29 is 14.3 Å². The monoisotopic (exact) mass is 242 g/mol. The highest BCUT2D eigenvalue weighted by molar-refractivity contribution is 6.08. The molecule has 5 heteroatoms. The van der Waals surface area contributed by atoms with Gasteiger partial charge in [0.15, 0.2) is 0 Å². The Morgan fingerprint density at radius 3 is 2.38 bits per heavy atom. The highest BCUT2D eigenvalue weighted by Crippen LogP contribution is 2.16. The van der Waals surface area contributed by atoms with Gasteiger partial charge in [-0.1, -0.05) is 0 Å². The number of carbonyl (C=O) groups is 1. The molecule has 0 spiro atoms. The first-order chi connectivity index (χ1) is 7.42. The Morgan fingerprint density at radius 1 is 1.38 bits per heavy atom. The first-order valence-electron chi connectivity index (χ1n) is 5.66. The molecule has 0 aromatic heterocycles. The van der Waals surface area contributed by atoms with Crippen molar-refractivity contribution in [2.24, 2.45) is 0 Å². The maximum atomic E-state index is 11.7. The molecule has 3 radical (unpaired) electrons. The molecule has 1 fully saturated rings. The smallest absolute Gasteiger partial charge is 0.410 e. The lowest BCUT2D eigenvalue weighted by Crippen LogP contribution is -2.43. The fourth-order valence-corrected chi connectivity index (χ4v) is 1.89. The summed E-state index contributed by atoms with van der Waals surface area (Å²) in [7, 11) is 3.29. The minimum atomic E-state index is -0.417. The standard InChI is InChI=1S/C11H20NO3Si/c1-11(2,3)15-10(13)12-6-4-9(5-7-12)14-8-16/h9H,4-8H2,1-3H3. The van der Waals surface area contributed by atoms with Crippen molar-refractivity contribution >= 4 is 16.3 Å². The van der Waals surface area contributed by atoms with Gasteiger partial charge in [-0.25, -0.2) is 4.79 Å².